The Hall–Kier alpha value is -0.300. The molecular weight excluding hydrogens is 337 g/mol. The van der Waals surface area contributed by atoms with Crippen LogP contribution in [-0.2, 0) is 0 Å². The van der Waals surface area contributed by atoms with E-state index < -0.39 is 5.97 Å². The van der Waals surface area contributed by atoms with Crippen molar-refractivity contribution in [2.75, 3.05) is 5.73 Å². The molecular formula is C7H5BrINO2. The smallest absolute Gasteiger partial charge is 0.336 e. The number of aromatic carboxylic acids is 1. The molecule has 3 nitrogen and oxygen atoms in total. The van der Waals surface area contributed by atoms with Crippen LogP contribution in [0.4, 0.5) is 5.69 Å². The van der Waals surface area contributed by atoms with Crippen LogP contribution in [0.2, 0.25) is 0 Å². The Morgan fingerprint density at radius 1 is 1.58 bits per heavy atom. The molecule has 0 aliphatic carbocycles. The molecule has 0 fully saturated rings. The first-order valence-electron chi connectivity index (χ1n) is 3.00. The molecule has 0 aliphatic rings. The number of halogens is 2. The van der Waals surface area contributed by atoms with Crippen LogP contribution in [0.3, 0.4) is 0 Å². The van der Waals surface area contributed by atoms with E-state index in [-0.39, 0.29) is 5.56 Å². The number of carbonyl (C=O) groups is 1. The van der Waals surface area contributed by atoms with E-state index in [4.69, 9.17) is 10.8 Å². The van der Waals surface area contributed by atoms with Crippen LogP contribution in [0, 0.1) is 3.57 Å². The number of hydrogen-bond donors (Lipinski definition) is 2. The lowest BCUT2D eigenvalue weighted by Crippen LogP contribution is -2.01. The minimum Gasteiger partial charge on any atom is -0.478 e. The predicted molar refractivity (Wildman–Crippen MR) is 58.2 cm³/mol. The summed E-state index contributed by atoms with van der Waals surface area (Å²) in [6.07, 6.45) is 0. The van der Waals surface area contributed by atoms with Gasteiger partial charge in [-0.05, 0) is 50.7 Å². The summed E-state index contributed by atoms with van der Waals surface area (Å²) in [4.78, 5) is 10.6. The van der Waals surface area contributed by atoms with E-state index >= 15 is 0 Å². The van der Waals surface area contributed by atoms with Crippen LogP contribution in [-0.4, -0.2) is 11.1 Å². The van der Waals surface area contributed by atoms with Gasteiger partial charge in [-0.3, -0.25) is 0 Å². The number of hydrogen-bond acceptors (Lipinski definition) is 2. The third-order valence-corrected chi connectivity index (χ3v) is 3.81. The van der Waals surface area contributed by atoms with Gasteiger partial charge in [-0.1, -0.05) is 0 Å². The molecule has 5 heteroatoms. The lowest BCUT2D eigenvalue weighted by atomic mass is 10.2. The second-order valence-electron chi connectivity index (χ2n) is 2.17. The molecule has 0 saturated heterocycles. The molecule has 1 rings (SSSR count). The van der Waals surface area contributed by atoms with Crippen LogP contribution < -0.4 is 5.73 Å². The first-order chi connectivity index (χ1) is 5.52. The van der Waals surface area contributed by atoms with Gasteiger partial charge in [0.15, 0.2) is 0 Å². The van der Waals surface area contributed by atoms with E-state index in [0.717, 1.165) is 0 Å². The predicted octanol–water partition coefficient (Wildman–Crippen LogP) is 2.33. The first-order valence-corrected chi connectivity index (χ1v) is 4.87. The highest BCUT2D eigenvalue weighted by atomic mass is 127. The Labute approximate surface area is 91.2 Å². The summed E-state index contributed by atoms with van der Waals surface area (Å²) in [6.45, 7) is 0. The minimum atomic E-state index is -0.965. The molecule has 0 spiro atoms. The molecule has 1 aromatic carbocycles. The number of nitrogen functional groups attached to an aromatic ring is 1. The van der Waals surface area contributed by atoms with Gasteiger partial charge in [0.25, 0.3) is 0 Å². The molecule has 0 aromatic heterocycles. The summed E-state index contributed by atoms with van der Waals surface area (Å²) >= 11 is 5.17. The molecule has 0 radical (unpaired) electrons. The van der Waals surface area contributed by atoms with Crippen molar-refractivity contribution >= 4 is 50.2 Å². The summed E-state index contributed by atoms with van der Waals surface area (Å²) in [6, 6.07) is 3.11. The molecule has 0 aliphatic heterocycles. The standard InChI is InChI=1S/C7H5BrINO2/c8-5-2-3(10)1-4(6(5)9)7(11)12/h1-2H,10H2,(H,11,12). The van der Waals surface area contributed by atoms with Crippen molar-refractivity contribution in [3.05, 3.63) is 25.7 Å². The number of nitrogens with two attached hydrogens (primary N) is 1. The van der Waals surface area contributed by atoms with Crippen LogP contribution in [0.25, 0.3) is 0 Å². The van der Waals surface area contributed by atoms with Gasteiger partial charge in [-0.2, -0.15) is 0 Å². The fourth-order valence-electron chi connectivity index (χ4n) is 0.766. The van der Waals surface area contributed by atoms with Crippen molar-refractivity contribution in [2.24, 2.45) is 0 Å². The van der Waals surface area contributed by atoms with Gasteiger partial charge in [-0.15, -0.1) is 0 Å². The van der Waals surface area contributed by atoms with Gasteiger partial charge in [-0.25, -0.2) is 4.79 Å². The largest absolute Gasteiger partial charge is 0.478 e. The molecule has 1 aromatic rings. The zero-order chi connectivity index (χ0) is 9.30. The maximum absolute atomic E-state index is 10.6. The lowest BCUT2D eigenvalue weighted by molar-refractivity contribution is 0.0695. The Kier molecular flexibility index (Phi) is 2.94. The van der Waals surface area contributed by atoms with Crippen molar-refractivity contribution in [3.8, 4) is 0 Å². The van der Waals surface area contributed by atoms with Gasteiger partial charge in [0.1, 0.15) is 0 Å². The summed E-state index contributed by atoms with van der Waals surface area (Å²) in [5.74, 6) is -0.965. The van der Waals surface area contributed by atoms with Gasteiger partial charge in [0.05, 0.1) is 5.56 Å². The topological polar surface area (TPSA) is 63.3 Å². The fourth-order valence-corrected chi connectivity index (χ4v) is 1.79. The molecule has 12 heavy (non-hydrogen) atoms. The molecule has 64 valence electrons. The Morgan fingerprint density at radius 3 is 2.67 bits per heavy atom. The van der Waals surface area contributed by atoms with E-state index in [0.29, 0.717) is 13.7 Å². The molecule has 0 saturated carbocycles. The second-order valence-corrected chi connectivity index (χ2v) is 4.10. The minimum absolute atomic E-state index is 0.225. The summed E-state index contributed by atoms with van der Waals surface area (Å²) in [5, 5.41) is 8.73. The van der Waals surface area contributed by atoms with E-state index in [2.05, 4.69) is 15.9 Å². The summed E-state index contributed by atoms with van der Waals surface area (Å²) in [5.41, 5.74) is 6.14. The fraction of sp³-hybridized carbons (Fsp3) is 0. The quantitative estimate of drug-likeness (QED) is 0.608. The van der Waals surface area contributed by atoms with Crippen LogP contribution in [0.15, 0.2) is 16.6 Å². The highest BCUT2D eigenvalue weighted by Crippen LogP contribution is 2.25. The number of carboxylic acid groups (broad SMARTS) is 1. The third-order valence-electron chi connectivity index (χ3n) is 1.28. The zero-order valence-electron chi connectivity index (χ0n) is 5.84. The number of rotatable bonds is 1. The van der Waals surface area contributed by atoms with Crippen LogP contribution in [0.5, 0.6) is 0 Å². The SMILES string of the molecule is Nc1cc(Br)c(I)c(C(=O)O)c1. The Morgan fingerprint density at radius 2 is 2.17 bits per heavy atom. The average molecular weight is 342 g/mol. The monoisotopic (exact) mass is 341 g/mol. The van der Waals surface area contributed by atoms with Crippen LogP contribution >= 0.6 is 38.5 Å². The number of anilines is 1. The normalized spacial score (nSPS) is 9.83. The van der Waals surface area contributed by atoms with Crippen molar-refractivity contribution < 1.29 is 9.90 Å². The Bertz CT molecular complexity index is 340. The van der Waals surface area contributed by atoms with E-state index in [1.54, 1.807) is 6.07 Å². The highest BCUT2D eigenvalue weighted by molar-refractivity contribution is 14.1. The molecule has 0 unspecified atom stereocenters. The van der Waals surface area contributed by atoms with Gasteiger partial charge < -0.3 is 10.8 Å². The van der Waals surface area contributed by atoms with Crippen molar-refractivity contribution in [2.45, 2.75) is 0 Å². The second kappa shape index (κ2) is 3.61. The molecule has 0 heterocycles. The van der Waals surface area contributed by atoms with Gasteiger partial charge >= 0.3 is 5.97 Å². The van der Waals surface area contributed by atoms with Crippen molar-refractivity contribution in [1.29, 1.82) is 0 Å². The maximum atomic E-state index is 10.6. The zero-order valence-corrected chi connectivity index (χ0v) is 9.59. The van der Waals surface area contributed by atoms with Gasteiger partial charge in [0, 0.05) is 13.7 Å². The molecule has 0 amide bonds. The molecule has 0 atom stereocenters. The van der Waals surface area contributed by atoms with Crippen LogP contribution in [0.1, 0.15) is 10.4 Å². The lowest BCUT2D eigenvalue weighted by Gasteiger charge is -2.02. The van der Waals surface area contributed by atoms with E-state index in [1.807, 2.05) is 22.6 Å². The third kappa shape index (κ3) is 1.89. The maximum Gasteiger partial charge on any atom is 0.336 e. The average Bonchev–Trinajstić information content (AvgIpc) is 1.96. The van der Waals surface area contributed by atoms with Crippen molar-refractivity contribution in [1.82, 2.24) is 0 Å². The highest BCUT2D eigenvalue weighted by Gasteiger charge is 2.11. The number of benzene rings is 1. The summed E-state index contributed by atoms with van der Waals surface area (Å²) < 4.78 is 1.37. The molecule has 0 bridgehead atoms. The van der Waals surface area contributed by atoms with E-state index in [1.165, 1.54) is 6.07 Å². The summed E-state index contributed by atoms with van der Waals surface area (Å²) in [7, 11) is 0. The number of carboxylic acids is 1. The van der Waals surface area contributed by atoms with Crippen molar-refractivity contribution in [3.63, 3.8) is 0 Å². The molecule has 3 N–H and O–H groups in total. The van der Waals surface area contributed by atoms with Gasteiger partial charge in [0.2, 0.25) is 0 Å². The first kappa shape index (κ1) is 9.79. The van der Waals surface area contributed by atoms with E-state index in [9.17, 15) is 4.79 Å². The Balaban J connectivity index is 3.37.